The van der Waals surface area contributed by atoms with Gasteiger partial charge in [0, 0.05) is 11.7 Å². The van der Waals surface area contributed by atoms with Crippen LogP contribution in [0.3, 0.4) is 0 Å². The maximum absolute atomic E-state index is 12.5. The molecule has 1 aromatic rings. The predicted octanol–water partition coefficient (Wildman–Crippen LogP) is 2.21. The predicted molar refractivity (Wildman–Crippen MR) is 68.0 cm³/mol. The standard InChI is InChI=1S/C12H17F3N4O/c1-7(9(20)19-11(2,3)4)17-10-16-6-5-8(18-10)12(13,14)15/h5-7H,1-4H3,(H,19,20)(H,16,17,18). The number of nitrogens with one attached hydrogen (secondary N) is 2. The molecule has 112 valence electrons. The Labute approximate surface area is 115 Å². The minimum absolute atomic E-state index is 0.239. The minimum atomic E-state index is -4.55. The number of rotatable bonds is 3. The van der Waals surface area contributed by atoms with Gasteiger partial charge in [-0.15, -0.1) is 0 Å². The zero-order valence-electron chi connectivity index (χ0n) is 11.7. The van der Waals surface area contributed by atoms with Crippen molar-refractivity contribution in [3.05, 3.63) is 18.0 Å². The second-order valence-corrected chi connectivity index (χ2v) is 5.37. The van der Waals surface area contributed by atoms with Crippen molar-refractivity contribution in [2.24, 2.45) is 0 Å². The Hall–Kier alpha value is -1.86. The molecule has 1 aromatic heterocycles. The zero-order chi connectivity index (χ0) is 15.6. The minimum Gasteiger partial charge on any atom is -0.350 e. The van der Waals surface area contributed by atoms with Crippen molar-refractivity contribution in [2.75, 3.05) is 5.32 Å². The molecule has 0 aromatic carbocycles. The lowest BCUT2D eigenvalue weighted by Crippen LogP contribution is -2.47. The highest BCUT2D eigenvalue weighted by atomic mass is 19.4. The highest BCUT2D eigenvalue weighted by molar-refractivity contribution is 5.84. The third-order valence-corrected chi connectivity index (χ3v) is 2.18. The van der Waals surface area contributed by atoms with Crippen LogP contribution in [0.25, 0.3) is 0 Å². The lowest BCUT2D eigenvalue weighted by molar-refractivity contribution is -0.141. The van der Waals surface area contributed by atoms with Gasteiger partial charge in [-0.3, -0.25) is 4.79 Å². The monoisotopic (exact) mass is 290 g/mol. The Kier molecular flexibility index (Phi) is 4.57. The summed E-state index contributed by atoms with van der Waals surface area (Å²) in [4.78, 5) is 18.8. The van der Waals surface area contributed by atoms with Crippen LogP contribution in [0.2, 0.25) is 0 Å². The first kappa shape index (κ1) is 16.2. The summed E-state index contributed by atoms with van der Waals surface area (Å²) in [6.07, 6.45) is -3.55. The number of carbonyl (C=O) groups excluding carboxylic acids is 1. The first-order chi connectivity index (χ1) is 8.99. The van der Waals surface area contributed by atoms with Crippen molar-refractivity contribution in [3.8, 4) is 0 Å². The van der Waals surface area contributed by atoms with Gasteiger partial charge in [0.15, 0.2) is 0 Å². The van der Waals surface area contributed by atoms with Crippen LogP contribution < -0.4 is 10.6 Å². The van der Waals surface area contributed by atoms with Crippen LogP contribution >= 0.6 is 0 Å². The molecule has 0 radical (unpaired) electrons. The molecular weight excluding hydrogens is 273 g/mol. The summed E-state index contributed by atoms with van der Waals surface area (Å²) in [6, 6.07) is 0.0168. The van der Waals surface area contributed by atoms with E-state index in [1.807, 2.05) is 0 Å². The summed E-state index contributed by atoms with van der Waals surface area (Å²) in [5.41, 5.74) is -1.49. The fraction of sp³-hybridized carbons (Fsp3) is 0.583. The third-order valence-electron chi connectivity index (χ3n) is 2.18. The SMILES string of the molecule is CC(Nc1nccc(C(F)(F)F)n1)C(=O)NC(C)(C)C. The fourth-order valence-corrected chi connectivity index (χ4v) is 1.32. The first-order valence-corrected chi connectivity index (χ1v) is 5.98. The van der Waals surface area contributed by atoms with Gasteiger partial charge in [-0.1, -0.05) is 0 Å². The number of hydrogen-bond donors (Lipinski definition) is 2. The molecule has 5 nitrogen and oxygen atoms in total. The number of nitrogens with zero attached hydrogens (tertiary/aromatic N) is 2. The lowest BCUT2D eigenvalue weighted by atomic mass is 10.1. The maximum atomic E-state index is 12.5. The van der Waals surface area contributed by atoms with Crippen LogP contribution in [0.15, 0.2) is 12.3 Å². The van der Waals surface area contributed by atoms with Gasteiger partial charge >= 0.3 is 6.18 Å². The van der Waals surface area contributed by atoms with E-state index in [1.165, 1.54) is 6.92 Å². The second-order valence-electron chi connectivity index (χ2n) is 5.37. The Balaban J connectivity index is 2.76. The molecule has 0 aliphatic rings. The molecule has 1 rings (SSSR count). The summed E-state index contributed by atoms with van der Waals surface area (Å²) in [6.45, 7) is 6.93. The number of anilines is 1. The number of aromatic nitrogens is 2. The molecule has 8 heteroatoms. The van der Waals surface area contributed by atoms with Crippen molar-refractivity contribution < 1.29 is 18.0 Å². The van der Waals surface area contributed by atoms with Crippen molar-refractivity contribution in [2.45, 2.75) is 45.5 Å². The van der Waals surface area contributed by atoms with Gasteiger partial charge in [-0.2, -0.15) is 13.2 Å². The molecular formula is C12H17F3N4O. The third kappa shape index (κ3) is 5.02. The van der Waals surface area contributed by atoms with Gasteiger partial charge in [-0.25, -0.2) is 9.97 Å². The molecule has 1 heterocycles. The Morgan fingerprint density at radius 3 is 2.40 bits per heavy atom. The largest absolute Gasteiger partial charge is 0.433 e. The van der Waals surface area contributed by atoms with E-state index in [-0.39, 0.29) is 11.9 Å². The highest BCUT2D eigenvalue weighted by Gasteiger charge is 2.33. The van der Waals surface area contributed by atoms with Gasteiger partial charge in [-0.05, 0) is 33.8 Å². The normalized spacial score (nSPS) is 13.8. The number of amides is 1. The van der Waals surface area contributed by atoms with Crippen molar-refractivity contribution in [1.29, 1.82) is 0 Å². The molecule has 0 spiro atoms. The number of hydrogen-bond acceptors (Lipinski definition) is 4. The number of carbonyl (C=O) groups is 1. The number of halogens is 3. The van der Waals surface area contributed by atoms with Gasteiger partial charge in [0.25, 0.3) is 0 Å². The van der Waals surface area contributed by atoms with Crippen LogP contribution in [-0.2, 0) is 11.0 Å². The van der Waals surface area contributed by atoms with Crippen LogP contribution in [-0.4, -0.2) is 27.5 Å². The van der Waals surface area contributed by atoms with E-state index < -0.39 is 23.5 Å². The van der Waals surface area contributed by atoms with Crippen LogP contribution in [0.4, 0.5) is 19.1 Å². The summed E-state index contributed by atoms with van der Waals surface area (Å²) < 4.78 is 37.5. The highest BCUT2D eigenvalue weighted by Crippen LogP contribution is 2.27. The van der Waals surface area contributed by atoms with Crippen molar-refractivity contribution >= 4 is 11.9 Å². The van der Waals surface area contributed by atoms with E-state index in [0.717, 1.165) is 12.3 Å². The maximum Gasteiger partial charge on any atom is 0.433 e. The van der Waals surface area contributed by atoms with Crippen LogP contribution in [0.5, 0.6) is 0 Å². The molecule has 0 fully saturated rings. The molecule has 1 unspecified atom stereocenters. The van der Waals surface area contributed by atoms with Gasteiger partial charge in [0.2, 0.25) is 11.9 Å². The second kappa shape index (κ2) is 5.64. The molecule has 0 aliphatic carbocycles. The van der Waals surface area contributed by atoms with Gasteiger partial charge in [0.1, 0.15) is 11.7 Å². The van der Waals surface area contributed by atoms with E-state index in [1.54, 1.807) is 20.8 Å². The van der Waals surface area contributed by atoms with Crippen LogP contribution in [0.1, 0.15) is 33.4 Å². The Morgan fingerprint density at radius 2 is 1.90 bits per heavy atom. The average Bonchev–Trinajstić information content (AvgIpc) is 2.25. The molecule has 20 heavy (non-hydrogen) atoms. The van der Waals surface area contributed by atoms with Crippen LogP contribution in [0, 0.1) is 0 Å². The van der Waals surface area contributed by atoms with Gasteiger partial charge in [0.05, 0.1) is 0 Å². The lowest BCUT2D eigenvalue weighted by Gasteiger charge is -2.23. The zero-order valence-corrected chi connectivity index (χ0v) is 11.7. The van der Waals surface area contributed by atoms with E-state index in [9.17, 15) is 18.0 Å². The van der Waals surface area contributed by atoms with Crippen molar-refractivity contribution in [3.63, 3.8) is 0 Å². The topological polar surface area (TPSA) is 66.9 Å². The van der Waals surface area contributed by atoms with E-state index in [2.05, 4.69) is 20.6 Å². The summed E-state index contributed by atoms with van der Waals surface area (Å²) >= 11 is 0. The quantitative estimate of drug-likeness (QED) is 0.895. The first-order valence-electron chi connectivity index (χ1n) is 5.98. The summed E-state index contributed by atoms with van der Waals surface area (Å²) in [7, 11) is 0. The molecule has 0 saturated heterocycles. The molecule has 0 aliphatic heterocycles. The molecule has 2 N–H and O–H groups in total. The summed E-state index contributed by atoms with van der Waals surface area (Å²) in [5.74, 6) is -0.588. The summed E-state index contributed by atoms with van der Waals surface area (Å²) in [5, 5.41) is 5.25. The van der Waals surface area contributed by atoms with E-state index >= 15 is 0 Å². The molecule has 0 saturated carbocycles. The van der Waals surface area contributed by atoms with E-state index in [4.69, 9.17) is 0 Å². The Bertz CT molecular complexity index is 482. The van der Waals surface area contributed by atoms with Gasteiger partial charge < -0.3 is 10.6 Å². The van der Waals surface area contributed by atoms with E-state index in [0.29, 0.717) is 0 Å². The smallest absolute Gasteiger partial charge is 0.350 e. The average molecular weight is 290 g/mol. The molecule has 1 atom stereocenters. The number of alkyl halides is 3. The molecule has 0 bridgehead atoms. The van der Waals surface area contributed by atoms with Crippen molar-refractivity contribution in [1.82, 2.24) is 15.3 Å². The fourth-order valence-electron chi connectivity index (χ4n) is 1.32. The molecule has 1 amide bonds. The Morgan fingerprint density at radius 1 is 1.30 bits per heavy atom.